The maximum Gasteiger partial charge on any atom is 0.411 e. The lowest BCUT2D eigenvalue weighted by Gasteiger charge is -2.35. The number of benzene rings is 1. The lowest BCUT2D eigenvalue weighted by Crippen LogP contribution is -2.45. The summed E-state index contributed by atoms with van der Waals surface area (Å²) in [5.41, 5.74) is 3.08. The van der Waals surface area contributed by atoms with Gasteiger partial charge in [-0.1, -0.05) is 30.3 Å². The Balaban J connectivity index is 1.66. The van der Waals surface area contributed by atoms with Crippen molar-refractivity contribution in [1.82, 2.24) is 9.88 Å². The summed E-state index contributed by atoms with van der Waals surface area (Å²) < 4.78 is 5.61. The van der Waals surface area contributed by atoms with Gasteiger partial charge >= 0.3 is 6.09 Å². The van der Waals surface area contributed by atoms with Crippen LogP contribution < -0.4 is 0 Å². The third-order valence-corrected chi connectivity index (χ3v) is 4.98. The van der Waals surface area contributed by atoms with Crippen molar-refractivity contribution in [3.8, 4) is 0 Å². The van der Waals surface area contributed by atoms with Crippen molar-refractivity contribution in [3.05, 3.63) is 48.2 Å². The molecule has 25 heavy (non-hydrogen) atoms. The van der Waals surface area contributed by atoms with Crippen LogP contribution in [0.4, 0.5) is 4.79 Å². The van der Waals surface area contributed by atoms with Gasteiger partial charge < -0.3 is 4.74 Å². The second-order valence-corrected chi connectivity index (χ2v) is 7.96. The van der Waals surface area contributed by atoms with E-state index in [1.807, 2.05) is 37.9 Å². The summed E-state index contributed by atoms with van der Waals surface area (Å²) in [6, 6.07) is 10.7. The number of para-hydroxylation sites is 1. The zero-order valence-electron chi connectivity index (χ0n) is 15.0. The number of carbonyl (C=O) groups excluding carboxylic acids is 1. The van der Waals surface area contributed by atoms with Crippen LogP contribution in [0.25, 0.3) is 16.5 Å². The molecule has 0 N–H and O–H groups in total. The summed E-state index contributed by atoms with van der Waals surface area (Å²) >= 11 is 0. The Morgan fingerprint density at radius 2 is 2.00 bits per heavy atom. The van der Waals surface area contributed by atoms with Gasteiger partial charge in [0.15, 0.2) is 0 Å². The van der Waals surface area contributed by atoms with Gasteiger partial charge in [-0.3, -0.25) is 9.88 Å². The van der Waals surface area contributed by atoms with E-state index in [0.29, 0.717) is 0 Å². The first-order chi connectivity index (χ1) is 11.9. The van der Waals surface area contributed by atoms with Gasteiger partial charge in [0, 0.05) is 23.2 Å². The molecule has 3 heterocycles. The van der Waals surface area contributed by atoms with E-state index < -0.39 is 5.60 Å². The van der Waals surface area contributed by atoms with Gasteiger partial charge in [0.05, 0.1) is 11.6 Å². The Morgan fingerprint density at radius 1 is 1.20 bits per heavy atom. The number of hydrogen-bond acceptors (Lipinski definition) is 3. The molecule has 2 aromatic rings. The van der Waals surface area contributed by atoms with Gasteiger partial charge in [0.1, 0.15) is 5.60 Å². The van der Waals surface area contributed by atoms with E-state index in [1.54, 1.807) is 0 Å². The highest BCUT2D eigenvalue weighted by Gasteiger charge is 2.41. The van der Waals surface area contributed by atoms with E-state index in [1.165, 1.54) is 11.1 Å². The largest absolute Gasteiger partial charge is 0.444 e. The summed E-state index contributed by atoms with van der Waals surface area (Å²) in [4.78, 5) is 19.1. The molecule has 2 aliphatic rings. The summed E-state index contributed by atoms with van der Waals surface area (Å²) in [5.74, 6) is 0. The molecule has 1 amide bonds. The Morgan fingerprint density at radius 3 is 2.76 bits per heavy atom. The van der Waals surface area contributed by atoms with E-state index in [-0.39, 0.29) is 18.2 Å². The number of fused-ring (bicyclic) bond motifs is 3. The minimum atomic E-state index is -0.458. The molecule has 2 unspecified atom stereocenters. The van der Waals surface area contributed by atoms with Gasteiger partial charge in [0.25, 0.3) is 0 Å². The molecule has 1 aromatic heterocycles. The van der Waals surface area contributed by atoms with Gasteiger partial charge in [0.2, 0.25) is 0 Å². The SMILES string of the molecule is CC(C)(C)OC(=O)N1C2C=C(c3cccc4cccnc34)CC1CC2. The van der Waals surface area contributed by atoms with E-state index in [4.69, 9.17) is 4.74 Å². The first kappa shape index (κ1) is 16.1. The van der Waals surface area contributed by atoms with E-state index in [2.05, 4.69) is 35.3 Å². The number of amides is 1. The van der Waals surface area contributed by atoms with Crippen molar-refractivity contribution in [3.63, 3.8) is 0 Å². The zero-order chi connectivity index (χ0) is 17.6. The van der Waals surface area contributed by atoms with Crippen molar-refractivity contribution in [2.24, 2.45) is 0 Å². The van der Waals surface area contributed by atoms with E-state index >= 15 is 0 Å². The average molecular weight is 336 g/mol. The predicted molar refractivity (Wildman–Crippen MR) is 99.2 cm³/mol. The van der Waals surface area contributed by atoms with Crippen LogP contribution >= 0.6 is 0 Å². The molecule has 4 heteroatoms. The highest BCUT2D eigenvalue weighted by Crippen LogP contribution is 2.40. The molecule has 4 nitrogen and oxygen atoms in total. The fourth-order valence-corrected chi connectivity index (χ4v) is 3.99. The molecule has 4 rings (SSSR count). The molecule has 2 aliphatic heterocycles. The van der Waals surface area contributed by atoms with Crippen LogP contribution in [0.5, 0.6) is 0 Å². The van der Waals surface area contributed by atoms with Gasteiger partial charge in [-0.2, -0.15) is 0 Å². The Hall–Kier alpha value is -2.36. The summed E-state index contributed by atoms with van der Waals surface area (Å²) in [5, 5.41) is 1.16. The van der Waals surface area contributed by atoms with Crippen LogP contribution in [-0.4, -0.2) is 33.7 Å². The molecular formula is C21H24N2O2. The quantitative estimate of drug-likeness (QED) is 0.752. The van der Waals surface area contributed by atoms with Crippen LogP contribution in [0.15, 0.2) is 42.6 Å². The first-order valence-corrected chi connectivity index (χ1v) is 8.98. The lowest BCUT2D eigenvalue weighted by atomic mass is 9.93. The molecule has 2 bridgehead atoms. The molecule has 0 spiro atoms. The first-order valence-electron chi connectivity index (χ1n) is 8.98. The number of ether oxygens (including phenoxy) is 1. The van der Waals surface area contributed by atoms with Crippen molar-refractivity contribution < 1.29 is 9.53 Å². The smallest absolute Gasteiger partial charge is 0.411 e. The molecule has 130 valence electrons. The second kappa shape index (κ2) is 5.87. The maximum atomic E-state index is 12.6. The molecule has 0 radical (unpaired) electrons. The minimum Gasteiger partial charge on any atom is -0.444 e. The summed E-state index contributed by atoms with van der Waals surface area (Å²) in [6.07, 6.45) is 6.80. The van der Waals surface area contributed by atoms with Gasteiger partial charge in [-0.25, -0.2) is 4.79 Å². The number of nitrogens with zero attached hydrogens (tertiary/aromatic N) is 2. The van der Waals surface area contributed by atoms with Crippen molar-refractivity contribution in [2.75, 3.05) is 0 Å². The third-order valence-electron chi connectivity index (χ3n) is 4.98. The van der Waals surface area contributed by atoms with Crippen LogP contribution in [0.2, 0.25) is 0 Å². The Bertz CT molecular complexity index is 845. The normalized spacial score (nSPS) is 22.8. The van der Waals surface area contributed by atoms with Crippen LogP contribution in [-0.2, 0) is 4.74 Å². The molecule has 0 aliphatic carbocycles. The standard InChI is InChI=1S/C21H24N2O2/c1-21(2,3)25-20(24)23-16-9-10-17(23)13-15(12-16)18-8-4-6-14-7-5-11-22-19(14)18/h4-8,11-12,16-17H,9-10,13H2,1-3H3. The second-order valence-electron chi connectivity index (χ2n) is 7.96. The molecule has 1 fully saturated rings. The maximum absolute atomic E-state index is 12.6. The zero-order valence-corrected chi connectivity index (χ0v) is 15.0. The lowest BCUT2D eigenvalue weighted by molar-refractivity contribution is 0.0175. The molecule has 1 saturated heterocycles. The molecular weight excluding hydrogens is 312 g/mol. The number of aromatic nitrogens is 1. The predicted octanol–water partition coefficient (Wildman–Crippen LogP) is 4.79. The Labute approximate surface area is 148 Å². The van der Waals surface area contributed by atoms with Crippen LogP contribution in [0, 0.1) is 0 Å². The fraction of sp³-hybridized carbons (Fsp3) is 0.429. The topological polar surface area (TPSA) is 42.4 Å². The summed E-state index contributed by atoms with van der Waals surface area (Å²) in [6.45, 7) is 5.75. The third kappa shape index (κ3) is 3.01. The average Bonchev–Trinajstić information content (AvgIpc) is 2.83. The van der Waals surface area contributed by atoms with Gasteiger partial charge in [-0.15, -0.1) is 0 Å². The van der Waals surface area contributed by atoms with Crippen LogP contribution in [0.3, 0.4) is 0 Å². The summed E-state index contributed by atoms with van der Waals surface area (Å²) in [7, 11) is 0. The molecule has 2 atom stereocenters. The monoisotopic (exact) mass is 336 g/mol. The highest BCUT2D eigenvalue weighted by atomic mass is 16.6. The number of hydrogen-bond donors (Lipinski definition) is 0. The number of pyridine rings is 1. The van der Waals surface area contributed by atoms with Crippen molar-refractivity contribution in [1.29, 1.82) is 0 Å². The van der Waals surface area contributed by atoms with E-state index in [9.17, 15) is 4.79 Å². The van der Waals surface area contributed by atoms with Crippen molar-refractivity contribution >= 4 is 22.6 Å². The molecule has 1 aromatic carbocycles. The number of carbonyl (C=O) groups is 1. The molecule has 0 saturated carbocycles. The van der Waals surface area contributed by atoms with E-state index in [0.717, 1.165) is 30.2 Å². The minimum absolute atomic E-state index is 0.127. The highest BCUT2D eigenvalue weighted by molar-refractivity contribution is 5.91. The van der Waals surface area contributed by atoms with Gasteiger partial charge in [-0.05, 0) is 51.7 Å². The number of rotatable bonds is 1. The van der Waals surface area contributed by atoms with Crippen LogP contribution in [0.1, 0.15) is 45.6 Å². The van der Waals surface area contributed by atoms with Crippen molar-refractivity contribution in [2.45, 2.75) is 57.7 Å². The fourth-order valence-electron chi connectivity index (χ4n) is 3.99. The Kier molecular flexibility index (Phi) is 3.78.